The van der Waals surface area contributed by atoms with Crippen LogP contribution >= 0.6 is 12.2 Å². The molecular weight excluding hydrogens is 344 g/mol. The van der Waals surface area contributed by atoms with E-state index in [-0.39, 0.29) is 0 Å². The van der Waals surface area contributed by atoms with E-state index in [1.165, 1.54) is 5.56 Å². The van der Waals surface area contributed by atoms with Crippen molar-refractivity contribution in [3.8, 4) is 5.75 Å². The number of anilines is 1. The molecule has 0 unspecified atom stereocenters. The number of hydrogen-bond acceptors (Lipinski definition) is 4. The average molecular weight is 371 g/mol. The lowest BCUT2D eigenvalue weighted by molar-refractivity contribution is 0.278. The Hall–Kier alpha value is -2.18. The second-order valence-corrected chi connectivity index (χ2v) is 6.72. The van der Waals surface area contributed by atoms with Gasteiger partial charge < -0.3 is 15.0 Å². The molecule has 5 nitrogen and oxygen atoms in total. The van der Waals surface area contributed by atoms with Gasteiger partial charge in [0.2, 0.25) is 0 Å². The number of benzene rings is 1. The largest absolute Gasteiger partial charge is 0.492 e. The molecule has 1 aliphatic heterocycles. The summed E-state index contributed by atoms with van der Waals surface area (Å²) in [5, 5.41) is 4.13. The number of pyridine rings is 1. The van der Waals surface area contributed by atoms with Crippen molar-refractivity contribution in [2.24, 2.45) is 0 Å². The smallest absolute Gasteiger partial charge is 0.173 e. The van der Waals surface area contributed by atoms with E-state index in [9.17, 15) is 0 Å². The number of ether oxygens (including phenoxy) is 1. The Kier molecular flexibility index (Phi) is 6.80. The van der Waals surface area contributed by atoms with Crippen molar-refractivity contribution >= 4 is 23.0 Å². The second-order valence-electron chi connectivity index (χ2n) is 6.33. The van der Waals surface area contributed by atoms with E-state index >= 15 is 0 Å². The summed E-state index contributed by atoms with van der Waals surface area (Å²) in [4.78, 5) is 8.82. The molecule has 1 N–H and O–H groups in total. The van der Waals surface area contributed by atoms with Gasteiger partial charge in [0.25, 0.3) is 0 Å². The SMILES string of the molecule is CCOc1ccccc1NC(=S)N1CCCN(Cc2ccncc2)CC1. The number of aromatic nitrogens is 1. The van der Waals surface area contributed by atoms with Crippen molar-refractivity contribution in [2.75, 3.05) is 38.1 Å². The van der Waals surface area contributed by atoms with Crippen molar-refractivity contribution in [2.45, 2.75) is 19.9 Å². The molecule has 2 heterocycles. The molecule has 138 valence electrons. The number of nitrogens with zero attached hydrogens (tertiary/aromatic N) is 3. The summed E-state index contributed by atoms with van der Waals surface area (Å²) in [6.45, 7) is 7.56. The quantitative estimate of drug-likeness (QED) is 0.814. The Morgan fingerprint density at radius 1 is 1.12 bits per heavy atom. The number of rotatable bonds is 5. The Morgan fingerprint density at radius 3 is 2.73 bits per heavy atom. The van der Waals surface area contributed by atoms with Crippen LogP contribution in [-0.4, -0.2) is 52.7 Å². The van der Waals surface area contributed by atoms with E-state index in [1.54, 1.807) is 0 Å². The van der Waals surface area contributed by atoms with Crippen molar-refractivity contribution in [1.82, 2.24) is 14.8 Å². The molecule has 0 aliphatic carbocycles. The van der Waals surface area contributed by atoms with E-state index < -0.39 is 0 Å². The van der Waals surface area contributed by atoms with E-state index in [4.69, 9.17) is 17.0 Å². The molecular formula is C20H26N4OS. The Morgan fingerprint density at radius 2 is 1.92 bits per heavy atom. The van der Waals surface area contributed by atoms with Crippen LogP contribution in [0, 0.1) is 0 Å². The van der Waals surface area contributed by atoms with E-state index in [0.717, 1.165) is 55.7 Å². The molecule has 2 aromatic rings. The predicted octanol–water partition coefficient (Wildman–Crippen LogP) is 3.39. The Balaban J connectivity index is 1.56. The first-order valence-electron chi connectivity index (χ1n) is 9.15. The van der Waals surface area contributed by atoms with Crippen LogP contribution in [0.3, 0.4) is 0 Å². The van der Waals surface area contributed by atoms with Crippen LogP contribution in [0.5, 0.6) is 5.75 Å². The van der Waals surface area contributed by atoms with E-state index in [2.05, 4.69) is 32.2 Å². The van der Waals surface area contributed by atoms with Crippen molar-refractivity contribution < 1.29 is 4.74 Å². The fourth-order valence-electron chi connectivity index (χ4n) is 3.12. The topological polar surface area (TPSA) is 40.6 Å². The van der Waals surface area contributed by atoms with Crippen LogP contribution in [0.2, 0.25) is 0 Å². The maximum absolute atomic E-state index is 5.68. The summed E-state index contributed by atoms with van der Waals surface area (Å²) in [6, 6.07) is 12.1. The zero-order chi connectivity index (χ0) is 18.2. The summed E-state index contributed by atoms with van der Waals surface area (Å²) in [7, 11) is 0. The van der Waals surface area contributed by atoms with Gasteiger partial charge >= 0.3 is 0 Å². The fraction of sp³-hybridized carbons (Fsp3) is 0.400. The number of hydrogen-bond donors (Lipinski definition) is 1. The van der Waals surface area contributed by atoms with Gasteiger partial charge in [-0.25, -0.2) is 0 Å². The monoisotopic (exact) mass is 370 g/mol. The molecule has 1 saturated heterocycles. The summed E-state index contributed by atoms with van der Waals surface area (Å²) >= 11 is 5.66. The van der Waals surface area contributed by atoms with Crippen molar-refractivity contribution in [1.29, 1.82) is 0 Å². The number of nitrogens with one attached hydrogen (secondary N) is 1. The van der Waals surface area contributed by atoms with Crippen LogP contribution in [0.25, 0.3) is 0 Å². The zero-order valence-corrected chi connectivity index (χ0v) is 16.0. The van der Waals surface area contributed by atoms with Crippen LogP contribution < -0.4 is 10.1 Å². The fourth-order valence-corrected chi connectivity index (χ4v) is 3.42. The summed E-state index contributed by atoms with van der Waals surface area (Å²) in [5.41, 5.74) is 2.23. The Bertz CT molecular complexity index is 710. The highest BCUT2D eigenvalue weighted by molar-refractivity contribution is 7.80. The standard InChI is InChI=1S/C20H26N4OS/c1-2-25-19-7-4-3-6-18(19)22-20(26)24-13-5-12-23(14-15-24)16-17-8-10-21-11-9-17/h3-4,6-11H,2,5,12-16H2,1H3,(H,22,26). The van der Waals surface area contributed by atoms with Crippen molar-refractivity contribution in [3.63, 3.8) is 0 Å². The first kappa shape index (κ1) is 18.6. The molecule has 26 heavy (non-hydrogen) atoms. The van der Waals surface area contributed by atoms with E-state index in [1.807, 2.05) is 43.6 Å². The zero-order valence-electron chi connectivity index (χ0n) is 15.2. The molecule has 0 amide bonds. The second kappa shape index (κ2) is 9.50. The molecule has 3 rings (SSSR count). The van der Waals surface area contributed by atoms with Gasteiger partial charge in [-0.05, 0) is 55.4 Å². The van der Waals surface area contributed by atoms with Gasteiger partial charge in [0.05, 0.1) is 12.3 Å². The van der Waals surface area contributed by atoms with Crippen LogP contribution in [0.15, 0.2) is 48.8 Å². The third kappa shape index (κ3) is 5.16. The van der Waals surface area contributed by atoms with Gasteiger partial charge in [-0.3, -0.25) is 9.88 Å². The summed E-state index contributed by atoms with van der Waals surface area (Å²) in [6.07, 6.45) is 4.81. The molecule has 0 saturated carbocycles. The van der Waals surface area contributed by atoms with Crippen LogP contribution in [-0.2, 0) is 6.54 Å². The third-order valence-electron chi connectivity index (χ3n) is 4.46. The molecule has 1 aromatic heterocycles. The lowest BCUT2D eigenvalue weighted by Gasteiger charge is -2.25. The first-order valence-corrected chi connectivity index (χ1v) is 9.56. The van der Waals surface area contributed by atoms with Crippen LogP contribution in [0.4, 0.5) is 5.69 Å². The number of para-hydroxylation sites is 2. The molecule has 1 aliphatic rings. The lowest BCUT2D eigenvalue weighted by atomic mass is 10.2. The summed E-state index contributed by atoms with van der Waals surface area (Å²) in [5.74, 6) is 0.839. The van der Waals surface area contributed by atoms with Gasteiger partial charge in [0.1, 0.15) is 5.75 Å². The van der Waals surface area contributed by atoms with E-state index in [0.29, 0.717) is 6.61 Å². The molecule has 0 atom stereocenters. The van der Waals surface area contributed by atoms with Gasteiger partial charge in [0.15, 0.2) is 5.11 Å². The van der Waals surface area contributed by atoms with Crippen LogP contribution in [0.1, 0.15) is 18.9 Å². The lowest BCUT2D eigenvalue weighted by Crippen LogP contribution is -2.37. The molecule has 1 fully saturated rings. The molecule has 0 bridgehead atoms. The van der Waals surface area contributed by atoms with Gasteiger partial charge in [-0.1, -0.05) is 12.1 Å². The number of thiocarbonyl (C=S) groups is 1. The highest BCUT2D eigenvalue weighted by atomic mass is 32.1. The maximum atomic E-state index is 5.68. The molecule has 0 spiro atoms. The highest BCUT2D eigenvalue weighted by Gasteiger charge is 2.18. The predicted molar refractivity (Wildman–Crippen MR) is 110 cm³/mol. The average Bonchev–Trinajstić information content (AvgIpc) is 2.90. The maximum Gasteiger partial charge on any atom is 0.173 e. The third-order valence-corrected chi connectivity index (χ3v) is 4.82. The molecule has 6 heteroatoms. The highest BCUT2D eigenvalue weighted by Crippen LogP contribution is 2.24. The minimum atomic E-state index is 0.638. The minimum absolute atomic E-state index is 0.638. The minimum Gasteiger partial charge on any atom is -0.492 e. The van der Waals surface area contributed by atoms with Gasteiger partial charge in [-0.15, -0.1) is 0 Å². The van der Waals surface area contributed by atoms with Gasteiger partial charge in [-0.2, -0.15) is 0 Å². The molecule has 0 radical (unpaired) electrons. The Labute approximate surface area is 161 Å². The van der Waals surface area contributed by atoms with Crippen molar-refractivity contribution in [3.05, 3.63) is 54.4 Å². The normalized spacial score (nSPS) is 15.3. The summed E-state index contributed by atoms with van der Waals surface area (Å²) < 4.78 is 5.68. The first-order chi connectivity index (χ1) is 12.8. The van der Waals surface area contributed by atoms with Gasteiger partial charge in [0, 0.05) is 45.1 Å². The molecule has 1 aromatic carbocycles.